The molecule has 4 nitrogen and oxygen atoms in total. The molecule has 1 aromatic rings. The van der Waals surface area contributed by atoms with E-state index in [2.05, 4.69) is 0 Å². The fraction of sp³-hybridized carbons (Fsp3) is 0.455. The molecule has 90 valence electrons. The monoisotopic (exact) mass is 243 g/mol. The van der Waals surface area contributed by atoms with Crippen molar-refractivity contribution < 1.29 is 14.9 Å². The van der Waals surface area contributed by atoms with Gasteiger partial charge in [-0.1, -0.05) is 6.07 Å². The highest BCUT2D eigenvalue weighted by atomic mass is 32.2. The van der Waals surface area contributed by atoms with Gasteiger partial charge in [0.1, 0.15) is 12.4 Å². The first-order chi connectivity index (χ1) is 7.72. The Bertz CT molecular complexity index is 309. The lowest BCUT2D eigenvalue weighted by molar-refractivity contribution is 0.126. The molecule has 1 aromatic carbocycles. The van der Waals surface area contributed by atoms with Gasteiger partial charge in [0.25, 0.3) is 0 Å². The van der Waals surface area contributed by atoms with Crippen LogP contribution in [0.2, 0.25) is 0 Å². The quantitative estimate of drug-likeness (QED) is 0.486. The number of benzene rings is 1. The van der Waals surface area contributed by atoms with Crippen LogP contribution in [0.5, 0.6) is 5.75 Å². The van der Waals surface area contributed by atoms with Crippen molar-refractivity contribution in [3.63, 3.8) is 0 Å². The summed E-state index contributed by atoms with van der Waals surface area (Å²) in [5.74, 6) is 1.85. The number of aliphatic hydroxyl groups is 2. The van der Waals surface area contributed by atoms with Crippen molar-refractivity contribution in [1.29, 1.82) is 0 Å². The van der Waals surface area contributed by atoms with E-state index in [0.717, 1.165) is 0 Å². The molecule has 0 aromatic heterocycles. The van der Waals surface area contributed by atoms with Crippen molar-refractivity contribution in [1.82, 2.24) is 0 Å². The smallest absolute Gasteiger partial charge is 0.121 e. The van der Waals surface area contributed by atoms with Crippen molar-refractivity contribution in [3.8, 4) is 5.75 Å². The average molecular weight is 243 g/mol. The molecule has 1 unspecified atom stereocenters. The van der Waals surface area contributed by atoms with Gasteiger partial charge in [-0.05, 0) is 12.1 Å². The highest BCUT2D eigenvalue weighted by molar-refractivity contribution is 7.99. The van der Waals surface area contributed by atoms with Crippen LogP contribution in [-0.4, -0.2) is 41.0 Å². The van der Waals surface area contributed by atoms with Gasteiger partial charge >= 0.3 is 0 Å². The van der Waals surface area contributed by atoms with Crippen molar-refractivity contribution in [2.24, 2.45) is 0 Å². The van der Waals surface area contributed by atoms with E-state index >= 15 is 0 Å². The molecule has 0 spiro atoms. The van der Waals surface area contributed by atoms with Crippen LogP contribution in [-0.2, 0) is 0 Å². The summed E-state index contributed by atoms with van der Waals surface area (Å²) in [5.41, 5.74) is 6.23. The third kappa shape index (κ3) is 5.25. The second-order valence-electron chi connectivity index (χ2n) is 3.34. The van der Waals surface area contributed by atoms with E-state index in [9.17, 15) is 5.11 Å². The van der Waals surface area contributed by atoms with E-state index in [4.69, 9.17) is 15.6 Å². The lowest BCUT2D eigenvalue weighted by Crippen LogP contribution is -2.20. The van der Waals surface area contributed by atoms with E-state index in [-0.39, 0.29) is 13.2 Å². The third-order valence-corrected chi connectivity index (χ3v) is 2.94. The van der Waals surface area contributed by atoms with Crippen LogP contribution in [0.3, 0.4) is 0 Å². The lowest BCUT2D eigenvalue weighted by Gasteiger charge is -2.12. The number of rotatable bonds is 7. The van der Waals surface area contributed by atoms with Gasteiger partial charge in [0.05, 0.1) is 12.7 Å². The second kappa shape index (κ2) is 7.38. The summed E-state index contributed by atoms with van der Waals surface area (Å²) in [4.78, 5) is 0. The molecule has 0 bridgehead atoms. The minimum absolute atomic E-state index is 0.132. The van der Waals surface area contributed by atoms with E-state index in [1.54, 1.807) is 24.3 Å². The summed E-state index contributed by atoms with van der Waals surface area (Å²) >= 11 is 1.49. The summed E-state index contributed by atoms with van der Waals surface area (Å²) < 4.78 is 5.37. The number of hydrogen-bond donors (Lipinski definition) is 3. The minimum Gasteiger partial charge on any atom is -0.491 e. The zero-order valence-electron chi connectivity index (χ0n) is 9.00. The average Bonchev–Trinajstić information content (AvgIpc) is 2.27. The number of hydrogen-bond acceptors (Lipinski definition) is 5. The molecule has 0 radical (unpaired) electrons. The Morgan fingerprint density at radius 1 is 1.44 bits per heavy atom. The summed E-state index contributed by atoms with van der Waals surface area (Å²) in [6, 6.07) is 7.09. The highest BCUT2D eigenvalue weighted by Crippen LogP contribution is 2.15. The first-order valence-electron chi connectivity index (χ1n) is 5.07. The SMILES string of the molecule is Nc1cccc(OCC(O)CSCCO)c1. The number of anilines is 1. The number of aliphatic hydroxyl groups excluding tert-OH is 2. The number of nitrogens with two attached hydrogens (primary N) is 1. The Morgan fingerprint density at radius 2 is 2.25 bits per heavy atom. The van der Waals surface area contributed by atoms with E-state index in [1.807, 2.05) is 0 Å². The molecule has 1 atom stereocenters. The standard InChI is InChI=1S/C11H17NO3S/c12-9-2-1-3-11(6-9)15-7-10(14)8-16-5-4-13/h1-3,6,10,13-14H,4-5,7-8,12H2. The van der Waals surface area contributed by atoms with Crippen LogP contribution in [0.1, 0.15) is 0 Å². The zero-order chi connectivity index (χ0) is 11.8. The third-order valence-electron chi connectivity index (χ3n) is 1.85. The molecule has 0 saturated heterocycles. The molecule has 0 aliphatic rings. The van der Waals surface area contributed by atoms with Crippen molar-refractivity contribution in [2.45, 2.75) is 6.10 Å². The summed E-state index contributed by atoms with van der Waals surface area (Å²) in [7, 11) is 0. The van der Waals surface area contributed by atoms with Gasteiger partial charge in [-0.15, -0.1) is 0 Å². The van der Waals surface area contributed by atoms with Crippen LogP contribution in [0.4, 0.5) is 5.69 Å². The molecule has 16 heavy (non-hydrogen) atoms. The van der Waals surface area contributed by atoms with Crippen molar-refractivity contribution >= 4 is 17.4 Å². The Hall–Kier alpha value is -0.910. The van der Waals surface area contributed by atoms with Crippen molar-refractivity contribution in [2.75, 3.05) is 30.5 Å². The maximum atomic E-state index is 9.55. The molecular weight excluding hydrogens is 226 g/mol. The maximum absolute atomic E-state index is 9.55. The molecule has 4 N–H and O–H groups in total. The van der Waals surface area contributed by atoms with Crippen LogP contribution in [0.25, 0.3) is 0 Å². The van der Waals surface area contributed by atoms with Crippen LogP contribution in [0, 0.1) is 0 Å². The molecule has 0 heterocycles. The van der Waals surface area contributed by atoms with Crippen LogP contribution >= 0.6 is 11.8 Å². The summed E-state index contributed by atoms with van der Waals surface area (Å²) in [6.45, 7) is 0.370. The largest absolute Gasteiger partial charge is 0.491 e. The molecule has 5 heteroatoms. The molecular formula is C11H17NO3S. The maximum Gasteiger partial charge on any atom is 0.121 e. The molecule has 0 aliphatic carbocycles. The topological polar surface area (TPSA) is 75.7 Å². The predicted octanol–water partition coefficient (Wildman–Crippen LogP) is 0.734. The van der Waals surface area contributed by atoms with Gasteiger partial charge in [0, 0.05) is 23.3 Å². The molecule has 1 rings (SSSR count). The lowest BCUT2D eigenvalue weighted by atomic mass is 10.3. The van der Waals surface area contributed by atoms with Crippen molar-refractivity contribution in [3.05, 3.63) is 24.3 Å². The van der Waals surface area contributed by atoms with Gasteiger partial charge in [-0.2, -0.15) is 11.8 Å². The van der Waals surface area contributed by atoms with E-state index in [1.165, 1.54) is 11.8 Å². The van der Waals surface area contributed by atoms with Gasteiger partial charge in [0.15, 0.2) is 0 Å². The van der Waals surface area contributed by atoms with E-state index < -0.39 is 6.10 Å². The van der Waals surface area contributed by atoms with E-state index in [0.29, 0.717) is 22.9 Å². The molecule has 0 saturated carbocycles. The van der Waals surface area contributed by atoms with Gasteiger partial charge in [-0.25, -0.2) is 0 Å². The van der Waals surface area contributed by atoms with Gasteiger partial charge < -0.3 is 20.7 Å². The minimum atomic E-state index is -0.530. The molecule has 0 aliphatic heterocycles. The summed E-state index contributed by atoms with van der Waals surface area (Å²) in [6.07, 6.45) is -0.530. The Kier molecular flexibility index (Phi) is 6.07. The first kappa shape index (κ1) is 13.2. The molecule has 0 fully saturated rings. The Labute approximate surface area is 99.4 Å². The zero-order valence-corrected chi connectivity index (χ0v) is 9.82. The fourth-order valence-corrected chi connectivity index (χ4v) is 1.79. The number of nitrogen functional groups attached to an aromatic ring is 1. The highest BCUT2D eigenvalue weighted by Gasteiger charge is 2.05. The number of thioether (sulfide) groups is 1. The van der Waals surface area contributed by atoms with Gasteiger partial charge in [-0.3, -0.25) is 0 Å². The Balaban J connectivity index is 2.23. The van der Waals surface area contributed by atoms with Gasteiger partial charge in [0.2, 0.25) is 0 Å². The Morgan fingerprint density at radius 3 is 2.94 bits per heavy atom. The normalized spacial score (nSPS) is 12.4. The predicted molar refractivity (Wildman–Crippen MR) is 66.8 cm³/mol. The second-order valence-corrected chi connectivity index (χ2v) is 4.49. The summed E-state index contributed by atoms with van der Waals surface area (Å²) in [5, 5.41) is 18.1. The molecule has 0 amide bonds. The number of ether oxygens (including phenoxy) is 1. The fourth-order valence-electron chi connectivity index (χ4n) is 1.13. The van der Waals surface area contributed by atoms with Crippen LogP contribution in [0.15, 0.2) is 24.3 Å². The first-order valence-corrected chi connectivity index (χ1v) is 6.23. The van der Waals surface area contributed by atoms with Crippen LogP contribution < -0.4 is 10.5 Å².